The highest BCUT2D eigenvalue weighted by atomic mass is 19.3. The van der Waals surface area contributed by atoms with Crippen LogP contribution in [0.5, 0.6) is 0 Å². The third-order valence-corrected chi connectivity index (χ3v) is 7.90. The molecule has 0 amide bonds. The molecule has 8 atom stereocenters. The number of hydrogen-bond acceptors (Lipinski definition) is 5. The fourth-order valence-corrected chi connectivity index (χ4v) is 5.17. The topological polar surface area (TPSA) is 113 Å². The molecule has 2 aromatic rings. The van der Waals surface area contributed by atoms with Crippen molar-refractivity contribution >= 4 is 11.4 Å². The van der Waals surface area contributed by atoms with Crippen LogP contribution in [0.25, 0.3) is 0 Å². The van der Waals surface area contributed by atoms with E-state index in [1.807, 2.05) is 0 Å². The average molecular weight is 682 g/mol. The number of nitrogen functional groups attached to an aromatic ring is 2. The maximum absolute atomic E-state index is 16.8. The normalized spacial score (nSPS) is 43.5. The first-order chi connectivity index (χ1) is 20.0. The van der Waals surface area contributed by atoms with Gasteiger partial charge in [0.1, 0.15) is 0 Å². The van der Waals surface area contributed by atoms with Crippen molar-refractivity contribution < 1.29 is 75.0 Å². The SMILES string of the molecule is Nc1ccc(C2(F)C(F)C(F)(F)C(F)(F)C(N)(F)C2(F)OC2(F)C(F)(c3ccc(N)cc3)C(F)C(F)(F)C(F)(F)C2(N)F)cc1. The average Bonchev–Trinajstić information content (AvgIpc) is 2.94. The second-order valence-electron chi connectivity index (χ2n) is 10.5. The largest absolute Gasteiger partial charge is 0.399 e. The molecule has 21 heteroatoms. The van der Waals surface area contributed by atoms with E-state index in [2.05, 4.69) is 16.2 Å². The summed E-state index contributed by atoms with van der Waals surface area (Å²) in [5.74, 6) is -55.3. The van der Waals surface area contributed by atoms with Crippen LogP contribution in [-0.4, -0.2) is 59.3 Å². The van der Waals surface area contributed by atoms with E-state index >= 15 is 35.1 Å². The summed E-state index contributed by atoms with van der Waals surface area (Å²) in [4.78, 5) is 0. The fourth-order valence-electron chi connectivity index (χ4n) is 5.17. The van der Waals surface area contributed by atoms with Gasteiger partial charge in [-0.3, -0.25) is 16.2 Å². The number of rotatable bonds is 4. The van der Waals surface area contributed by atoms with Crippen LogP contribution >= 0.6 is 0 Å². The number of anilines is 2. The summed E-state index contributed by atoms with van der Waals surface area (Å²) in [7, 11) is 0. The predicted octanol–water partition coefficient (Wildman–Crippen LogP) is 5.72. The van der Waals surface area contributed by atoms with Crippen molar-refractivity contribution in [3.05, 3.63) is 59.7 Å². The Bertz CT molecular complexity index is 1360. The summed E-state index contributed by atoms with van der Waals surface area (Å²) in [6.45, 7) is 0. The number of halogens is 16. The van der Waals surface area contributed by atoms with Gasteiger partial charge in [0, 0.05) is 11.4 Å². The Balaban J connectivity index is 2.17. The predicted molar refractivity (Wildman–Crippen MR) is 122 cm³/mol. The molecule has 8 N–H and O–H groups in total. The smallest absolute Gasteiger partial charge is 0.365 e. The first-order valence-electron chi connectivity index (χ1n) is 11.9. The van der Waals surface area contributed by atoms with Crippen molar-refractivity contribution in [3.8, 4) is 0 Å². The van der Waals surface area contributed by atoms with Gasteiger partial charge in [-0.25, -0.2) is 35.1 Å². The van der Waals surface area contributed by atoms with Gasteiger partial charge in [-0.1, -0.05) is 24.3 Å². The molecule has 0 aromatic heterocycles. The van der Waals surface area contributed by atoms with E-state index in [9.17, 15) is 35.1 Å². The molecule has 5 nitrogen and oxygen atoms in total. The first-order valence-corrected chi connectivity index (χ1v) is 11.9. The molecule has 45 heavy (non-hydrogen) atoms. The zero-order valence-electron chi connectivity index (χ0n) is 21.5. The Labute approximate surface area is 240 Å². The highest BCUT2D eigenvalue weighted by Crippen LogP contribution is 2.71. The molecule has 4 rings (SSSR count). The summed E-state index contributed by atoms with van der Waals surface area (Å²) in [5.41, 5.74) is 1.70. The number of benzene rings is 2. The van der Waals surface area contributed by atoms with Crippen molar-refractivity contribution in [1.82, 2.24) is 0 Å². The van der Waals surface area contributed by atoms with Crippen LogP contribution < -0.4 is 22.9 Å². The maximum atomic E-state index is 16.8. The lowest BCUT2D eigenvalue weighted by Crippen LogP contribution is -2.90. The molecule has 0 spiro atoms. The van der Waals surface area contributed by atoms with Crippen LogP contribution in [-0.2, 0) is 16.1 Å². The first kappa shape index (κ1) is 34.7. The molecule has 2 aliphatic carbocycles. The van der Waals surface area contributed by atoms with Gasteiger partial charge in [0.25, 0.3) is 11.6 Å². The van der Waals surface area contributed by atoms with Crippen molar-refractivity contribution in [1.29, 1.82) is 0 Å². The van der Waals surface area contributed by atoms with Crippen LogP contribution in [0.4, 0.5) is 81.6 Å². The van der Waals surface area contributed by atoms with Crippen LogP contribution in [0.2, 0.25) is 0 Å². The molecule has 0 aliphatic heterocycles. The number of ether oxygens (including phenoxy) is 1. The van der Waals surface area contributed by atoms with E-state index in [-0.39, 0.29) is 24.3 Å². The van der Waals surface area contributed by atoms with Crippen molar-refractivity contribution in [3.63, 3.8) is 0 Å². The lowest BCUT2D eigenvalue weighted by molar-refractivity contribution is -0.512. The molecule has 8 unspecified atom stereocenters. The molecular weight excluding hydrogens is 664 g/mol. The second-order valence-corrected chi connectivity index (χ2v) is 10.5. The van der Waals surface area contributed by atoms with Gasteiger partial charge < -0.3 is 11.5 Å². The fraction of sp³-hybridized carbons (Fsp3) is 0.500. The lowest BCUT2D eigenvalue weighted by atomic mass is 9.65. The molecule has 252 valence electrons. The van der Waals surface area contributed by atoms with E-state index in [1.54, 1.807) is 0 Å². The molecule has 0 heterocycles. The molecule has 0 radical (unpaired) electrons. The number of nitrogens with two attached hydrogens (primary N) is 4. The Hall–Kier alpha value is -3.20. The van der Waals surface area contributed by atoms with Gasteiger partial charge in [-0.05, 0) is 35.4 Å². The second kappa shape index (κ2) is 9.20. The molecule has 0 saturated heterocycles. The maximum Gasteiger partial charge on any atom is 0.365 e. The summed E-state index contributed by atoms with van der Waals surface area (Å²) in [5, 5.41) is 0. The number of alkyl halides is 16. The van der Waals surface area contributed by atoms with Crippen molar-refractivity contribution in [2.75, 3.05) is 11.5 Å². The van der Waals surface area contributed by atoms with Crippen molar-refractivity contribution in [2.45, 2.75) is 70.7 Å². The van der Waals surface area contributed by atoms with Gasteiger partial charge in [0.2, 0.25) is 23.7 Å². The lowest BCUT2D eigenvalue weighted by Gasteiger charge is -2.60. The minimum atomic E-state index is -7.15. The highest BCUT2D eigenvalue weighted by molar-refractivity contribution is 5.46. The highest BCUT2D eigenvalue weighted by Gasteiger charge is 2.98. The van der Waals surface area contributed by atoms with Gasteiger partial charge in [-0.15, -0.1) is 0 Å². The molecule has 2 aliphatic rings. The van der Waals surface area contributed by atoms with E-state index in [1.165, 1.54) is 0 Å². The van der Waals surface area contributed by atoms with Crippen LogP contribution in [0.15, 0.2) is 48.5 Å². The zero-order valence-corrected chi connectivity index (χ0v) is 21.5. The Kier molecular flexibility index (Phi) is 7.09. The van der Waals surface area contributed by atoms with Crippen LogP contribution in [0, 0.1) is 0 Å². The van der Waals surface area contributed by atoms with Gasteiger partial charge in [-0.2, -0.15) is 35.1 Å². The van der Waals surface area contributed by atoms with E-state index < -0.39 is 93.2 Å². The number of hydrogen-bond donors (Lipinski definition) is 4. The minimum absolute atomic E-state index is 0.0739. The summed E-state index contributed by atoms with van der Waals surface area (Å²) in [6, 6.07) is 1.15. The molecular formula is C24H18F16N4O. The van der Waals surface area contributed by atoms with Gasteiger partial charge in [0.05, 0.1) is 0 Å². The summed E-state index contributed by atoms with van der Waals surface area (Å²) < 4.78 is 249. The minimum Gasteiger partial charge on any atom is -0.399 e. The Morgan fingerprint density at radius 2 is 0.711 bits per heavy atom. The molecule has 2 fully saturated rings. The van der Waals surface area contributed by atoms with E-state index in [4.69, 9.17) is 11.5 Å². The van der Waals surface area contributed by atoms with Crippen LogP contribution in [0.1, 0.15) is 11.1 Å². The standard InChI is InChI=1S/C24H18F16N4O/c25-13-15(27,9-1-5-11(41)6-2-9)23(39,21(37,43)19(33,34)17(13,29)30)45-24(40)16(28,10-3-7-12(42)8-4-10)14(26)18(31,32)20(35,36)22(24,38)44/h1-8,13-14H,41-44H2. The molecule has 2 saturated carbocycles. The molecule has 2 aromatic carbocycles. The van der Waals surface area contributed by atoms with Crippen LogP contribution in [0.3, 0.4) is 0 Å². The van der Waals surface area contributed by atoms with Gasteiger partial charge >= 0.3 is 35.4 Å². The quantitative estimate of drug-likeness (QED) is 0.187. The van der Waals surface area contributed by atoms with Crippen molar-refractivity contribution in [2.24, 2.45) is 11.5 Å². The Morgan fingerprint density at radius 1 is 0.467 bits per heavy atom. The molecule has 0 bridgehead atoms. The Morgan fingerprint density at radius 3 is 0.956 bits per heavy atom. The monoisotopic (exact) mass is 682 g/mol. The summed E-state index contributed by atoms with van der Waals surface area (Å²) in [6.07, 6.45) is -11.1. The zero-order chi connectivity index (χ0) is 34.8. The van der Waals surface area contributed by atoms with E-state index in [0.717, 1.165) is 0 Å². The van der Waals surface area contributed by atoms with E-state index in [0.29, 0.717) is 24.3 Å². The third kappa shape index (κ3) is 3.59. The third-order valence-electron chi connectivity index (χ3n) is 7.90. The summed E-state index contributed by atoms with van der Waals surface area (Å²) >= 11 is 0. The van der Waals surface area contributed by atoms with Gasteiger partial charge in [0.15, 0.2) is 0 Å².